The summed E-state index contributed by atoms with van der Waals surface area (Å²) in [6.07, 6.45) is 3.45. The lowest BCUT2D eigenvalue weighted by Crippen LogP contribution is -2.57. The van der Waals surface area contributed by atoms with Crippen LogP contribution in [0.1, 0.15) is 38.8 Å². The van der Waals surface area contributed by atoms with E-state index < -0.39 is 41.8 Å². The number of carbonyl (C=O) groups is 4. The van der Waals surface area contributed by atoms with Gasteiger partial charge in [0.05, 0.1) is 12.4 Å². The fourth-order valence-corrected chi connectivity index (χ4v) is 2.49. The summed E-state index contributed by atoms with van der Waals surface area (Å²) in [5.41, 5.74) is 11.6. The molecule has 4 unspecified atom stereocenters. The van der Waals surface area contributed by atoms with Gasteiger partial charge in [-0.05, 0) is 12.3 Å². The van der Waals surface area contributed by atoms with Crippen LogP contribution in [0, 0.1) is 5.92 Å². The van der Waals surface area contributed by atoms with Crippen LogP contribution in [0.5, 0.6) is 0 Å². The Morgan fingerprint density at radius 1 is 1.25 bits per heavy atom. The summed E-state index contributed by atoms with van der Waals surface area (Å²) in [6.45, 7) is 3.59. The van der Waals surface area contributed by atoms with Crippen molar-refractivity contribution in [2.75, 3.05) is 0 Å². The highest BCUT2D eigenvalue weighted by atomic mass is 16.4. The minimum absolute atomic E-state index is 0.142. The molecule has 0 aromatic carbocycles. The minimum atomic E-state index is -1.29. The van der Waals surface area contributed by atoms with Gasteiger partial charge in [0.15, 0.2) is 0 Å². The molecule has 156 valence electrons. The van der Waals surface area contributed by atoms with Crippen LogP contribution in [0.3, 0.4) is 0 Å². The molecule has 1 rings (SSSR count). The number of H-pyrrole nitrogens is 1. The summed E-state index contributed by atoms with van der Waals surface area (Å²) in [5.74, 6) is -3.43. The molecule has 1 aromatic rings. The van der Waals surface area contributed by atoms with Crippen molar-refractivity contribution in [2.45, 2.75) is 57.7 Å². The summed E-state index contributed by atoms with van der Waals surface area (Å²) >= 11 is 0. The second-order valence-electron chi connectivity index (χ2n) is 6.66. The van der Waals surface area contributed by atoms with Gasteiger partial charge in [-0.15, -0.1) is 0 Å². The number of carbonyl (C=O) groups excluding carboxylic acids is 3. The molecule has 1 aromatic heterocycles. The first-order chi connectivity index (χ1) is 13.1. The smallest absolute Gasteiger partial charge is 0.326 e. The van der Waals surface area contributed by atoms with Crippen LogP contribution in [-0.2, 0) is 25.6 Å². The third-order valence-corrected chi connectivity index (χ3v) is 4.42. The zero-order valence-electron chi connectivity index (χ0n) is 16.0. The predicted molar refractivity (Wildman–Crippen MR) is 99.6 cm³/mol. The zero-order chi connectivity index (χ0) is 21.3. The largest absolute Gasteiger partial charge is 0.480 e. The molecular formula is C17H28N6O5. The van der Waals surface area contributed by atoms with Crippen LogP contribution >= 0.6 is 0 Å². The van der Waals surface area contributed by atoms with E-state index in [2.05, 4.69) is 20.6 Å². The Balaban J connectivity index is 2.79. The SMILES string of the molecule is CCC(C)C(NC(=O)C(N)Cc1cnc[nH]1)C(=O)NC(CCC(N)=O)C(=O)O. The molecule has 0 aliphatic heterocycles. The first-order valence-corrected chi connectivity index (χ1v) is 9.00. The molecule has 0 fully saturated rings. The minimum Gasteiger partial charge on any atom is -0.480 e. The molecule has 3 amide bonds. The highest BCUT2D eigenvalue weighted by Crippen LogP contribution is 2.10. The lowest BCUT2D eigenvalue weighted by atomic mass is 9.97. The van der Waals surface area contributed by atoms with Crippen molar-refractivity contribution < 1.29 is 24.3 Å². The summed E-state index contributed by atoms with van der Waals surface area (Å²) in [4.78, 5) is 53.9. The number of carboxylic acid groups (broad SMARTS) is 1. The van der Waals surface area contributed by atoms with E-state index in [1.165, 1.54) is 6.33 Å². The molecule has 0 spiro atoms. The molecule has 0 saturated heterocycles. The molecule has 11 nitrogen and oxygen atoms in total. The molecule has 11 heteroatoms. The maximum Gasteiger partial charge on any atom is 0.326 e. The maximum absolute atomic E-state index is 12.6. The van der Waals surface area contributed by atoms with Crippen molar-refractivity contribution in [3.05, 3.63) is 18.2 Å². The van der Waals surface area contributed by atoms with Crippen molar-refractivity contribution >= 4 is 23.7 Å². The van der Waals surface area contributed by atoms with Gasteiger partial charge in [-0.25, -0.2) is 9.78 Å². The molecule has 0 radical (unpaired) electrons. The number of hydrogen-bond donors (Lipinski definition) is 6. The van der Waals surface area contributed by atoms with Gasteiger partial charge in [0.2, 0.25) is 17.7 Å². The molecule has 0 saturated carbocycles. The number of aromatic nitrogens is 2. The van der Waals surface area contributed by atoms with Gasteiger partial charge in [-0.1, -0.05) is 20.3 Å². The van der Waals surface area contributed by atoms with Crippen LogP contribution < -0.4 is 22.1 Å². The van der Waals surface area contributed by atoms with Gasteiger partial charge < -0.3 is 32.2 Å². The Morgan fingerprint density at radius 2 is 1.93 bits per heavy atom. The molecule has 8 N–H and O–H groups in total. The first kappa shape index (κ1) is 23.1. The molecule has 4 atom stereocenters. The van der Waals surface area contributed by atoms with Crippen molar-refractivity contribution in [1.29, 1.82) is 0 Å². The van der Waals surface area contributed by atoms with E-state index in [-0.39, 0.29) is 25.2 Å². The van der Waals surface area contributed by atoms with Crippen LogP contribution in [-0.4, -0.2) is 56.9 Å². The third-order valence-electron chi connectivity index (χ3n) is 4.42. The number of aliphatic carboxylic acids is 1. The Morgan fingerprint density at radius 3 is 2.43 bits per heavy atom. The van der Waals surface area contributed by atoms with E-state index in [0.717, 1.165) is 0 Å². The first-order valence-electron chi connectivity index (χ1n) is 9.00. The third kappa shape index (κ3) is 7.35. The monoisotopic (exact) mass is 396 g/mol. The highest BCUT2D eigenvalue weighted by Gasteiger charge is 2.31. The predicted octanol–water partition coefficient (Wildman–Crippen LogP) is -1.35. The number of nitrogens with one attached hydrogen (secondary N) is 3. The van der Waals surface area contributed by atoms with Crippen molar-refractivity contribution in [3.8, 4) is 0 Å². The lowest BCUT2D eigenvalue weighted by molar-refractivity contribution is -0.142. The average Bonchev–Trinajstić information content (AvgIpc) is 3.14. The summed E-state index contributed by atoms with van der Waals surface area (Å²) < 4.78 is 0. The van der Waals surface area contributed by atoms with E-state index in [1.807, 2.05) is 6.92 Å². The van der Waals surface area contributed by atoms with Gasteiger partial charge in [0.25, 0.3) is 0 Å². The Hall–Kier alpha value is -2.95. The Kier molecular flexibility index (Phi) is 9.09. The van der Waals surface area contributed by atoms with Gasteiger partial charge in [0, 0.05) is 24.7 Å². The fourth-order valence-electron chi connectivity index (χ4n) is 2.49. The Bertz CT molecular complexity index is 678. The number of primary amides is 1. The number of nitrogens with two attached hydrogens (primary N) is 2. The van der Waals surface area contributed by atoms with E-state index in [4.69, 9.17) is 11.5 Å². The number of rotatable bonds is 12. The number of imidazole rings is 1. The number of carboxylic acids is 1. The second-order valence-corrected chi connectivity index (χ2v) is 6.66. The quantitative estimate of drug-likeness (QED) is 0.251. The standard InChI is InChI=1S/C17H28N6O5/c1-3-9(2)14(16(26)22-12(17(27)28)4-5-13(19)24)23-15(25)11(18)6-10-7-20-8-21-10/h7-9,11-12,14H,3-6,18H2,1-2H3,(H2,19,24)(H,20,21)(H,22,26)(H,23,25)(H,27,28). The number of aromatic amines is 1. The second kappa shape index (κ2) is 11.0. The van der Waals surface area contributed by atoms with E-state index in [9.17, 15) is 24.3 Å². The summed E-state index contributed by atoms with van der Waals surface area (Å²) in [7, 11) is 0. The molecule has 1 heterocycles. The van der Waals surface area contributed by atoms with Gasteiger partial charge in [0.1, 0.15) is 12.1 Å². The molecule has 28 heavy (non-hydrogen) atoms. The van der Waals surface area contributed by atoms with E-state index >= 15 is 0 Å². The summed E-state index contributed by atoms with van der Waals surface area (Å²) in [6, 6.07) is -3.17. The average molecular weight is 396 g/mol. The number of hydrogen-bond acceptors (Lipinski definition) is 6. The molecule has 0 bridgehead atoms. The van der Waals surface area contributed by atoms with Gasteiger partial charge in [-0.3, -0.25) is 14.4 Å². The topological polar surface area (TPSA) is 193 Å². The van der Waals surface area contributed by atoms with Gasteiger partial charge in [-0.2, -0.15) is 0 Å². The van der Waals surface area contributed by atoms with Crippen LogP contribution in [0.15, 0.2) is 12.5 Å². The molecular weight excluding hydrogens is 368 g/mol. The van der Waals surface area contributed by atoms with Crippen molar-refractivity contribution in [1.82, 2.24) is 20.6 Å². The molecule has 0 aliphatic rings. The van der Waals surface area contributed by atoms with E-state index in [1.54, 1.807) is 13.1 Å². The number of amides is 3. The molecule has 0 aliphatic carbocycles. The maximum atomic E-state index is 12.6. The lowest BCUT2D eigenvalue weighted by Gasteiger charge is -2.26. The number of nitrogens with zero attached hydrogens (tertiary/aromatic N) is 1. The van der Waals surface area contributed by atoms with Crippen LogP contribution in [0.25, 0.3) is 0 Å². The fraction of sp³-hybridized carbons (Fsp3) is 0.588. The Labute approximate surface area is 162 Å². The van der Waals surface area contributed by atoms with Crippen LogP contribution in [0.4, 0.5) is 0 Å². The van der Waals surface area contributed by atoms with E-state index in [0.29, 0.717) is 12.1 Å². The zero-order valence-corrected chi connectivity index (χ0v) is 16.0. The normalized spacial score (nSPS) is 15.1. The van der Waals surface area contributed by atoms with Crippen molar-refractivity contribution in [2.24, 2.45) is 17.4 Å². The highest BCUT2D eigenvalue weighted by molar-refractivity contribution is 5.92. The van der Waals surface area contributed by atoms with Crippen molar-refractivity contribution in [3.63, 3.8) is 0 Å². The van der Waals surface area contributed by atoms with Gasteiger partial charge >= 0.3 is 5.97 Å². The summed E-state index contributed by atoms with van der Waals surface area (Å²) in [5, 5.41) is 14.2. The van der Waals surface area contributed by atoms with Crippen LogP contribution in [0.2, 0.25) is 0 Å².